The Kier molecular flexibility index (Phi) is 2.64. The van der Waals surface area contributed by atoms with E-state index in [1.807, 2.05) is 0 Å². The third-order valence-corrected chi connectivity index (χ3v) is 2.69. The van der Waals surface area contributed by atoms with Gasteiger partial charge in [-0.25, -0.2) is 4.98 Å². The van der Waals surface area contributed by atoms with Crippen LogP contribution in [0.1, 0.15) is 12.1 Å². The molecule has 16 heavy (non-hydrogen) atoms. The first kappa shape index (κ1) is 10.7. The third-order valence-electron chi connectivity index (χ3n) is 2.69. The van der Waals surface area contributed by atoms with Crippen molar-refractivity contribution in [3.05, 3.63) is 22.1 Å². The van der Waals surface area contributed by atoms with Crippen molar-refractivity contribution in [1.29, 1.82) is 0 Å². The molecular formula is C10H13N3O3. The van der Waals surface area contributed by atoms with Crippen molar-refractivity contribution in [2.75, 3.05) is 18.0 Å². The quantitative estimate of drug-likeness (QED) is 0.736. The molecule has 0 radical (unpaired) electrons. The zero-order valence-electron chi connectivity index (χ0n) is 8.93. The van der Waals surface area contributed by atoms with Crippen LogP contribution in [0.15, 0.2) is 10.9 Å². The fourth-order valence-corrected chi connectivity index (χ4v) is 1.87. The monoisotopic (exact) mass is 223 g/mol. The number of hydrogen-bond acceptors (Lipinski definition) is 4. The number of aromatic amines is 1. The standard InChI is InChI=1S/C10H13N3O3/c1-6-4-8(14)12-10(11-6)13-3-2-7(5-13)9(15)16/h4,7H,2-3,5H2,1H3,(H,15,16)(H,11,12,14). The summed E-state index contributed by atoms with van der Waals surface area (Å²) in [5.41, 5.74) is 0.429. The predicted molar refractivity (Wildman–Crippen MR) is 57.6 cm³/mol. The summed E-state index contributed by atoms with van der Waals surface area (Å²) in [7, 11) is 0. The first-order valence-corrected chi connectivity index (χ1v) is 5.12. The maximum absolute atomic E-state index is 11.2. The molecule has 0 aromatic carbocycles. The average molecular weight is 223 g/mol. The van der Waals surface area contributed by atoms with E-state index in [0.717, 1.165) is 0 Å². The molecule has 1 saturated heterocycles. The van der Waals surface area contributed by atoms with E-state index in [4.69, 9.17) is 5.11 Å². The molecule has 0 bridgehead atoms. The van der Waals surface area contributed by atoms with E-state index in [1.54, 1.807) is 11.8 Å². The maximum atomic E-state index is 11.2. The second kappa shape index (κ2) is 3.96. The molecular weight excluding hydrogens is 210 g/mol. The van der Waals surface area contributed by atoms with Gasteiger partial charge in [0.2, 0.25) is 5.95 Å². The first-order valence-electron chi connectivity index (χ1n) is 5.12. The lowest BCUT2D eigenvalue weighted by molar-refractivity contribution is -0.140. The fourth-order valence-electron chi connectivity index (χ4n) is 1.87. The minimum absolute atomic E-state index is 0.207. The van der Waals surface area contributed by atoms with E-state index < -0.39 is 5.97 Å². The number of aryl methyl sites for hydroxylation is 1. The Bertz CT molecular complexity index is 469. The van der Waals surface area contributed by atoms with Crippen molar-refractivity contribution >= 4 is 11.9 Å². The van der Waals surface area contributed by atoms with Gasteiger partial charge in [-0.15, -0.1) is 0 Å². The third kappa shape index (κ3) is 2.05. The molecule has 6 nitrogen and oxygen atoms in total. The molecule has 1 fully saturated rings. The number of nitrogens with zero attached hydrogens (tertiary/aromatic N) is 2. The van der Waals surface area contributed by atoms with Crippen LogP contribution in [0.2, 0.25) is 0 Å². The summed E-state index contributed by atoms with van der Waals surface area (Å²) in [6.45, 7) is 2.76. The van der Waals surface area contributed by atoms with Gasteiger partial charge in [-0.2, -0.15) is 0 Å². The molecule has 2 rings (SSSR count). The van der Waals surface area contributed by atoms with Crippen molar-refractivity contribution in [2.45, 2.75) is 13.3 Å². The average Bonchev–Trinajstić information content (AvgIpc) is 2.64. The van der Waals surface area contributed by atoms with Crippen molar-refractivity contribution in [3.63, 3.8) is 0 Å². The van der Waals surface area contributed by atoms with Crippen molar-refractivity contribution in [3.8, 4) is 0 Å². The van der Waals surface area contributed by atoms with Crippen LogP contribution in [-0.2, 0) is 4.79 Å². The van der Waals surface area contributed by atoms with Gasteiger partial charge in [-0.1, -0.05) is 0 Å². The van der Waals surface area contributed by atoms with Gasteiger partial charge in [0.1, 0.15) is 0 Å². The highest BCUT2D eigenvalue weighted by Gasteiger charge is 2.29. The molecule has 1 aliphatic heterocycles. The number of hydrogen-bond donors (Lipinski definition) is 2. The molecule has 2 N–H and O–H groups in total. The van der Waals surface area contributed by atoms with Gasteiger partial charge in [0, 0.05) is 24.8 Å². The van der Waals surface area contributed by atoms with Crippen molar-refractivity contribution in [1.82, 2.24) is 9.97 Å². The Labute approximate surface area is 91.9 Å². The molecule has 86 valence electrons. The number of nitrogens with one attached hydrogen (secondary N) is 1. The lowest BCUT2D eigenvalue weighted by Gasteiger charge is -2.16. The molecule has 0 aliphatic carbocycles. The second-order valence-electron chi connectivity index (χ2n) is 3.98. The lowest BCUT2D eigenvalue weighted by Crippen LogP contribution is -2.26. The number of aliphatic carboxylic acids is 1. The topological polar surface area (TPSA) is 86.3 Å². The Balaban J connectivity index is 2.20. The highest BCUT2D eigenvalue weighted by molar-refractivity contribution is 5.71. The van der Waals surface area contributed by atoms with Gasteiger partial charge in [-0.3, -0.25) is 14.6 Å². The minimum Gasteiger partial charge on any atom is -0.481 e. The largest absolute Gasteiger partial charge is 0.481 e. The van der Waals surface area contributed by atoms with Gasteiger partial charge in [-0.05, 0) is 13.3 Å². The second-order valence-corrected chi connectivity index (χ2v) is 3.98. The Morgan fingerprint density at radius 1 is 1.69 bits per heavy atom. The fraction of sp³-hybridized carbons (Fsp3) is 0.500. The molecule has 6 heteroatoms. The van der Waals surface area contributed by atoms with Crippen LogP contribution in [0.4, 0.5) is 5.95 Å². The molecule has 1 atom stereocenters. The molecule has 0 saturated carbocycles. The zero-order valence-corrected chi connectivity index (χ0v) is 8.93. The smallest absolute Gasteiger partial charge is 0.308 e. The van der Waals surface area contributed by atoms with Gasteiger partial charge in [0.05, 0.1) is 5.92 Å². The van der Waals surface area contributed by atoms with Crippen molar-refractivity contribution in [2.24, 2.45) is 5.92 Å². The molecule has 0 amide bonds. The van der Waals surface area contributed by atoms with Crippen LogP contribution in [0.5, 0.6) is 0 Å². The van der Waals surface area contributed by atoms with E-state index in [9.17, 15) is 9.59 Å². The van der Waals surface area contributed by atoms with E-state index in [-0.39, 0.29) is 11.5 Å². The summed E-state index contributed by atoms with van der Waals surface area (Å²) in [6.07, 6.45) is 0.590. The molecule has 2 heterocycles. The molecule has 0 spiro atoms. The van der Waals surface area contributed by atoms with Crippen LogP contribution < -0.4 is 10.5 Å². The maximum Gasteiger partial charge on any atom is 0.308 e. The Morgan fingerprint density at radius 3 is 3.00 bits per heavy atom. The van der Waals surface area contributed by atoms with Crippen LogP contribution in [-0.4, -0.2) is 34.1 Å². The van der Waals surface area contributed by atoms with E-state index in [2.05, 4.69) is 9.97 Å². The highest BCUT2D eigenvalue weighted by atomic mass is 16.4. The van der Waals surface area contributed by atoms with Crippen LogP contribution in [0.3, 0.4) is 0 Å². The van der Waals surface area contributed by atoms with Gasteiger partial charge >= 0.3 is 5.97 Å². The zero-order chi connectivity index (χ0) is 11.7. The van der Waals surface area contributed by atoms with E-state index in [1.165, 1.54) is 6.07 Å². The summed E-state index contributed by atoms with van der Waals surface area (Å²) < 4.78 is 0. The molecule has 1 aliphatic rings. The number of anilines is 1. The summed E-state index contributed by atoms with van der Waals surface area (Å²) in [4.78, 5) is 30.6. The number of carbonyl (C=O) groups is 1. The van der Waals surface area contributed by atoms with Crippen LogP contribution in [0, 0.1) is 12.8 Å². The Morgan fingerprint density at radius 2 is 2.44 bits per heavy atom. The lowest BCUT2D eigenvalue weighted by atomic mass is 10.1. The molecule has 1 aromatic rings. The highest BCUT2D eigenvalue weighted by Crippen LogP contribution is 2.19. The number of aromatic nitrogens is 2. The summed E-state index contributed by atoms with van der Waals surface area (Å²) in [6, 6.07) is 1.41. The van der Waals surface area contributed by atoms with Gasteiger partial charge in [0.25, 0.3) is 5.56 Å². The van der Waals surface area contributed by atoms with Gasteiger partial charge in [0.15, 0.2) is 0 Å². The number of rotatable bonds is 2. The summed E-state index contributed by atoms with van der Waals surface area (Å²) in [5, 5.41) is 8.87. The number of carboxylic acid groups (broad SMARTS) is 1. The number of carboxylic acids is 1. The predicted octanol–water partition coefficient (Wildman–Crippen LogP) is -0.0108. The van der Waals surface area contributed by atoms with Crippen LogP contribution >= 0.6 is 0 Å². The summed E-state index contributed by atoms with van der Waals surface area (Å²) in [5.74, 6) is -0.697. The van der Waals surface area contributed by atoms with Gasteiger partial charge < -0.3 is 10.0 Å². The van der Waals surface area contributed by atoms with Crippen molar-refractivity contribution < 1.29 is 9.90 Å². The number of H-pyrrole nitrogens is 1. The minimum atomic E-state index is -0.794. The SMILES string of the molecule is Cc1cc(=O)[nH]c(N2CCC(C(=O)O)C2)n1. The first-order chi connectivity index (χ1) is 7.56. The molecule has 1 aromatic heterocycles. The van der Waals surface area contributed by atoms with E-state index >= 15 is 0 Å². The normalized spacial score (nSPS) is 20.1. The summed E-state index contributed by atoms with van der Waals surface area (Å²) >= 11 is 0. The van der Waals surface area contributed by atoms with E-state index in [0.29, 0.717) is 31.2 Å². The molecule has 1 unspecified atom stereocenters. The van der Waals surface area contributed by atoms with Crippen LogP contribution in [0.25, 0.3) is 0 Å². The Hall–Kier alpha value is -1.85.